The molecule has 12 rings (SSSR count). The number of hydrogen-bond acceptors (Lipinski definition) is 2. The average Bonchev–Trinajstić information content (AvgIpc) is 3.66. The Morgan fingerprint density at radius 1 is 0.246 bits per heavy atom. The van der Waals surface area contributed by atoms with Crippen molar-refractivity contribution in [2.75, 3.05) is 0 Å². The predicted octanol–water partition coefficient (Wildman–Crippen LogP) is 17.8. The van der Waals surface area contributed by atoms with Crippen molar-refractivity contribution in [1.29, 1.82) is 0 Å². The van der Waals surface area contributed by atoms with Crippen molar-refractivity contribution < 1.29 is 0 Å². The lowest BCUT2D eigenvalue weighted by molar-refractivity contribution is 0.660. The highest BCUT2D eigenvalue weighted by atomic mass is 14.9. The van der Waals surface area contributed by atoms with Crippen molar-refractivity contribution in [2.24, 2.45) is 0 Å². The summed E-state index contributed by atoms with van der Waals surface area (Å²) < 4.78 is 0. The second-order valence-corrected chi connectivity index (χ2v) is 18.5. The van der Waals surface area contributed by atoms with E-state index in [1.54, 1.807) is 0 Å². The molecular formula is C67H48N2. The third-order valence-electron chi connectivity index (χ3n) is 13.9. The molecule has 69 heavy (non-hydrogen) atoms. The van der Waals surface area contributed by atoms with Crippen LogP contribution in [-0.4, -0.2) is 9.97 Å². The molecule has 0 fully saturated rings. The molecule has 0 amide bonds. The quantitative estimate of drug-likeness (QED) is 0.144. The van der Waals surface area contributed by atoms with Crippen LogP contribution in [0.1, 0.15) is 25.0 Å². The fourth-order valence-corrected chi connectivity index (χ4v) is 10.5. The maximum absolute atomic E-state index is 5.24. The van der Waals surface area contributed by atoms with Crippen LogP contribution in [0.4, 0.5) is 0 Å². The van der Waals surface area contributed by atoms with Gasteiger partial charge in [0, 0.05) is 22.1 Å². The van der Waals surface area contributed by atoms with Gasteiger partial charge in [-0.2, -0.15) is 0 Å². The zero-order chi connectivity index (χ0) is 46.3. The highest BCUT2D eigenvalue weighted by molar-refractivity contribution is 6.08. The first-order valence-corrected chi connectivity index (χ1v) is 23.8. The minimum Gasteiger partial charge on any atom is -0.228 e. The Bertz CT molecular complexity index is 3620. The van der Waals surface area contributed by atoms with Gasteiger partial charge in [-0.25, -0.2) is 9.97 Å². The summed E-state index contributed by atoms with van der Waals surface area (Å²) >= 11 is 0. The number of aromatic nitrogens is 2. The molecule has 0 saturated carbocycles. The van der Waals surface area contributed by atoms with E-state index in [2.05, 4.69) is 250 Å². The molecule has 0 saturated heterocycles. The summed E-state index contributed by atoms with van der Waals surface area (Å²) in [6.45, 7) is 4.74. The van der Waals surface area contributed by atoms with Crippen LogP contribution >= 0.6 is 0 Å². The van der Waals surface area contributed by atoms with Gasteiger partial charge in [-0.1, -0.05) is 250 Å². The third kappa shape index (κ3) is 7.67. The van der Waals surface area contributed by atoms with Gasteiger partial charge in [0.2, 0.25) is 0 Å². The van der Waals surface area contributed by atoms with Gasteiger partial charge < -0.3 is 0 Å². The van der Waals surface area contributed by atoms with Gasteiger partial charge in [-0.15, -0.1) is 0 Å². The summed E-state index contributed by atoms with van der Waals surface area (Å²) in [5.74, 6) is 0.693. The minimum atomic E-state index is -0.156. The van der Waals surface area contributed by atoms with Crippen LogP contribution in [0, 0.1) is 0 Å². The summed E-state index contributed by atoms with van der Waals surface area (Å²) in [4.78, 5) is 10.4. The van der Waals surface area contributed by atoms with Crippen LogP contribution in [-0.2, 0) is 5.41 Å². The lowest BCUT2D eigenvalue weighted by Crippen LogP contribution is -2.15. The van der Waals surface area contributed by atoms with Gasteiger partial charge in [0.1, 0.15) is 0 Å². The Labute approximate surface area is 405 Å². The second-order valence-electron chi connectivity index (χ2n) is 18.5. The molecule has 0 spiro atoms. The van der Waals surface area contributed by atoms with Crippen LogP contribution in [0.25, 0.3) is 112 Å². The lowest BCUT2D eigenvalue weighted by atomic mass is 9.77. The average molecular weight is 881 g/mol. The fraction of sp³-hybridized carbons (Fsp3) is 0.0448. The Morgan fingerprint density at radius 3 is 1.17 bits per heavy atom. The first kappa shape index (κ1) is 41.7. The van der Waals surface area contributed by atoms with Gasteiger partial charge in [-0.05, 0) is 107 Å². The highest BCUT2D eigenvalue weighted by Crippen LogP contribution is 2.54. The monoisotopic (exact) mass is 880 g/mol. The van der Waals surface area contributed by atoms with Crippen molar-refractivity contribution in [1.82, 2.24) is 9.97 Å². The second kappa shape index (κ2) is 17.5. The Kier molecular flexibility index (Phi) is 10.6. The third-order valence-corrected chi connectivity index (χ3v) is 13.9. The Morgan fingerprint density at radius 2 is 0.623 bits per heavy atom. The van der Waals surface area contributed by atoms with E-state index in [4.69, 9.17) is 9.97 Å². The number of benzene rings is 10. The molecule has 2 nitrogen and oxygen atoms in total. The van der Waals surface area contributed by atoms with E-state index in [9.17, 15) is 0 Å². The fourth-order valence-electron chi connectivity index (χ4n) is 10.5. The van der Waals surface area contributed by atoms with Gasteiger partial charge in [0.15, 0.2) is 5.82 Å². The van der Waals surface area contributed by atoms with Crippen LogP contribution in [0.5, 0.6) is 0 Å². The largest absolute Gasteiger partial charge is 0.228 e. The molecular weight excluding hydrogens is 833 g/mol. The van der Waals surface area contributed by atoms with E-state index in [1.165, 1.54) is 72.3 Å². The Hall–Kier alpha value is -8.72. The summed E-state index contributed by atoms with van der Waals surface area (Å²) in [6.07, 6.45) is 0. The molecule has 0 unspecified atom stereocenters. The van der Waals surface area contributed by atoms with Crippen molar-refractivity contribution in [3.8, 4) is 112 Å². The number of fused-ring (bicyclic) bond motifs is 3. The van der Waals surface area contributed by atoms with Crippen LogP contribution < -0.4 is 0 Å². The van der Waals surface area contributed by atoms with Gasteiger partial charge in [-0.3, -0.25) is 0 Å². The molecule has 11 aromatic rings. The van der Waals surface area contributed by atoms with E-state index in [0.717, 1.165) is 44.8 Å². The van der Waals surface area contributed by atoms with E-state index in [0.29, 0.717) is 5.82 Å². The van der Waals surface area contributed by atoms with E-state index >= 15 is 0 Å². The first-order valence-electron chi connectivity index (χ1n) is 23.8. The molecule has 1 heterocycles. The summed E-state index contributed by atoms with van der Waals surface area (Å²) in [5, 5.41) is 0. The molecule has 326 valence electrons. The van der Waals surface area contributed by atoms with Gasteiger partial charge in [0.25, 0.3) is 0 Å². The Balaban J connectivity index is 1.07. The van der Waals surface area contributed by atoms with Gasteiger partial charge >= 0.3 is 0 Å². The molecule has 10 aromatic carbocycles. The topological polar surface area (TPSA) is 25.8 Å². The van der Waals surface area contributed by atoms with Crippen LogP contribution in [0.2, 0.25) is 0 Å². The molecule has 0 atom stereocenters. The smallest absolute Gasteiger partial charge is 0.160 e. The number of rotatable bonds is 9. The normalized spacial score (nSPS) is 12.3. The van der Waals surface area contributed by atoms with Crippen LogP contribution in [0.15, 0.2) is 255 Å². The van der Waals surface area contributed by atoms with E-state index in [-0.39, 0.29) is 5.41 Å². The molecule has 0 aliphatic heterocycles. The van der Waals surface area contributed by atoms with Crippen molar-refractivity contribution in [3.63, 3.8) is 0 Å². The van der Waals surface area contributed by atoms with Crippen molar-refractivity contribution in [3.05, 3.63) is 266 Å². The summed E-state index contributed by atoms with van der Waals surface area (Å²) in [5.41, 5.74) is 24.1. The molecule has 0 N–H and O–H groups in total. The standard InChI is InChI=1S/C67H48N2/c1-67(2)59-31-19-18-30-55(59)56-41-40-54(42-60(56)67)64-58(48-24-12-5-13-25-48)43-57(47-22-10-4-11-23-47)63(65(64)51-26-14-6-15-27-51)52-38-36-50(37-39-52)62-44-61(68-66(69-62)53-28-16-7-17-29-53)49-34-32-46(33-35-49)45-20-8-3-9-21-45/h3-44H,1-2H3. The molecule has 1 aliphatic carbocycles. The van der Waals surface area contributed by atoms with Crippen molar-refractivity contribution >= 4 is 0 Å². The number of nitrogens with zero attached hydrogens (tertiary/aromatic N) is 2. The zero-order valence-corrected chi connectivity index (χ0v) is 38.6. The molecule has 0 bridgehead atoms. The highest BCUT2D eigenvalue weighted by Gasteiger charge is 2.36. The molecule has 2 heteroatoms. The van der Waals surface area contributed by atoms with Crippen LogP contribution in [0.3, 0.4) is 0 Å². The minimum absolute atomic E-state index is 0.156. The lowest BCUT2D eigenvalue weighted by Gasteiger charge is -2.26. The maximum Gasteiger partial charge on any atom is 0.160 e. The SMILES string of the molecule is CC1(C)c2ccccc2-c2ccc(-c3c(-c4ccccc4)cc(-c4ccccc4)c(-c4ccc(-c5cc(-c6ccc(-c7ccccc7)cc6)nc(-c6ccccc6)n5)cc4)c3-c3ccccc3)cc21. The molecule has 0 radical (unpaired) electrons. The first-order chi connectivity index (χ1) is 34.0. The summed E-state index contributed by atoms with van der Waals surface area (Å²) in [6, 6.07) is 92.0. The maximum atomic E-state index is 5.24. The predicted molar refractivity (Wildman–Crippen MR) is 289 cm³/mol. The summed E-state index contributed by atoms with van der Waals surface area (Å²) in [7, 11) is 0. The number of hydrogen-bond donors (Lipinski definition) is 0. The van der Waals surface area contributed by atoms with Gasteiger partial charge in [0.05, 0.1) is 11.4 Å². The zero-order valence-electron chi connectivity index (χ0n) is 38.6. The molecule has 1 aromatic heterocycles. The van der Waals surface area contributed by atoms with E-state index < -0.39 is 0 Å². The molecule has 1 aliphatic rings. The van der Waals surface area contributed by atoms with E-state index in [1.807, 2.05) is 18.2 Å². The van der Waals surface area contributed by atoms with Crippen molar-refractivity contribution in [2.45, 2.75) is 19.3 Å².